The van der Waals surface area contributed by atoms with E-state index in [1.54, 1.807) is 6.07 Å². The molecule has 0 aliphatic heterocycles. The van der Waals surface area contributed by atoms with Crippen LogP contribution >= 0.6 is 11.3 Å². The van der Waals surface area contributed by atoms with Crippen molar-refractivity contribution < 1.29 is 19.1 Å². The molecule has 0 bridgehead atoms. The molecule has 116 valence electrons. The van der Waals surface area contributed by atoms with Gasteiger partial charge < -0.3 is 14.3 Å². The van der Waals surface area contributed by atoms with E-state index in [1.165, 1.54) is 25.6 Å². The summed E-state index contributed by atoms with van der Waals surface area (Å²) in [6, 6.07) is 9.57. The number of carbonyl (C=O) groups is 1. The van der Waals surface area contributed by atoms with Gasteiger partial charge in [0, 0.05) is 5.56 Å². The number of oxime groups is 1. The summed E-state index contributed by atoms with van der Waals surface area (Å²) in [6.45, 7) is 2.33. The number of para-hydroxylation sites is 1. The molecule has 0 aliphatic rings. The van der Waals surface area contributed by atoms with Crippen LogP contribution in [-0.2, 0) is 21.0 Å². The van der Waals surface area contributed by atoms with Crippen molar-refractivity contribution in [2.24, 2.45) is 5.16 Å². The zero-order chi connectivity index (χ0) is 15.9. The van der Waals surface area contributed by atoms with Crippen molar-refractivity contribution in [3.63, 3.8) is 0 Å². The molecule has 1 aromatic heterocycles. The van der Waals surface area contributed by atoms with Crippen molar-refractivity contribution in [1.29, 1.82) is 0 Å². The maximum Gasteiger partial charge on any atom is 0.360 e. The molecule has 2 rings (SSSR count). The summed E-state index contributed by atoms with van der Waals surface area (Å²) in [5.41, 5.74) is 1.85. The highest BCUT2D eigenvalue weighted by atomic mass is 32.1. The van der Waals surface area contributed by atoms with E-state index in [9.17, 15) is 4.79 Å². The van der Waals surface area contributed by atoms with E-state index in [4.69, 9.17) is 14.3 Å². The monoisotopic (exact) mass is 319 g/mol. The van der Waals surface area contributed by atoms with Crippen molar-refractivity contribution in [2.45, 2.75) is 13.5 Å². The highest BCUT2D eigenvalue weighted by molar-refractivity contribution is 7.10. The summed E-state index contributed by atoms with van der Waals surface area (Å²) in [5, 5.41) is 5.64. The zero-order valence-corrected chi connectivity index (χ0v) is 13.5. The fourth-order valence-electron chi connectivity index (χ4n) is 1.91. The van der Waals surface area contributed by atoms with E-state index < -0.39 is 5.97 Å². The number of hydrogen-bond acceptors (Lipinski definition) is 6. The van der Waals surface area contributed by atoms with Crippen LogP contribution in [0.15, 0.2) is 40.9 Å². The zero-order valence-electron chi connectivity index (χ0n) is 12.7. The minimum absolute atomic E-state index is 0.134. The Hall–Kier alpha value is -2.34. The molecule has 1 heterocycles. The van der Waals surface area contributed by atoms with Gasteiger partial charge in [-0.15, -0.1) is 11.3 Å². The Kier molecular flexibility index (Phi) is 5.55. The van der Waals surface area contributed by atoms with Crippen LogP contribution in [0.3, 0.4) is 0 Å². The molecule has 5 nitrogen and oxygen atoms in total. The summed E-state index contributed by atoms with van der Waals surface area (Å²) >= 11 is 1.49. The van der Waals surface area contributed by atoms with Gasteiger partial charge in [0.05, 0.1) is 12.0 Å². The molecule has 1 aromatic carbocycles. The number of aryl methyl sites for hydroxylation is 1. The Morgan fingerprint density at radius 3 is 2.68 bits per heavy atom. The molecular weight excluding hydrogens is 302 g/mol. The van der Waals surface area contributed by atoms with Crippen LogP contribution in [0.5, 0.6) is 5.75 Å². The molecule has 2 aromatic rings. The summed E-state index contributed by atoms with van der Waals surface area (Å²) in [7, 11) is 2.70. The molecule has 0 spiro atoms. The third-order valence-corrected chi connectivity index (χ3v) is 3.91. The van der Waals surface area contributed by atoms with Crippen molar-refractivity contribution in [2.75, 3.05) is 14.2 Å². The SMILES string of the molecule is CO/N=C(\C(=O)OC)c1ccsc1COc1ccccc1C. The molecular formula is C16H17NO4S. The number of thiophene rings is 1. The van der Waals surface area contributed by atoms with Gasteiger partial charge in [0.1, 0.15) is 19.5 Å². The normalized spacial score (nSPS) is 11.1. The summed E-state index contributed by atoms with van der Waals surface area (Å²) < 4.78 is 10.6. The highest BCUT2D eigenvalue weighted by Crippen LogP contribution is 2.23. The second-order valence-electron chi connectivity index (χ2n) is 4.43. The topological polar surface area (TPSA) is 57.1 Å². The van der Waals surface area contributed by atoms with Crippen LogP contribution in [0.25, 0.3) is 0 Å². The van der Waals surface area contributed by atoms with Crippen LogP contribution in [0.4, 0.5) is 0 Å². The number of ether oxygens (including phenoxy) is 2. The Morgan fingerprint density at radius 2 is 2.00 bits per heavy atom. The fourth-order valence-corrected chi connectivity index (χ4v) is 2.70. The Bertz CT molecular complexity index is 678. The third-order valence-electron chi connectivity index (χ3n) is 3.01. The average Bonchev–Trinajstić information content (AvgIpc) is 2.99. The fraction of sp³-hybridized carbons (Fsp3) is 0.250. The van der Waals surface area contributed by atoms with Gasteiger partial charge in [0.2, 0.25) is 0 Å². The summed E-state index contributed by atoms with van der Waals surface area (Å²) in [4.78, 5) is 17.4. The van der Waals surface area contributed by atoms with Gasteiger partial charge in [-0.3, -0.25) is 0 Å². The number of hydrogen-bond donors (Lipinski definition) is 0. The van der Waals surface area contributed by atoms with Crippen LogP contribution in [-0.4, -0.2) is 25.9 Å². The first-order valence-corrected chi connectivity index (χ1v) is 7.50. The van der Waals surface area contributed by atoms with Gasteiger partial charge in [0.15, 0.2) is 5.71 Å². The lowest BCUT2D eigenvalue weighted by Crippen LogP contribution is -2.18. The smallest absolute Gasteiger partial charge is 0.360 e. The maximum absolute atomic E-state index is 11.8. The molecule has 0 fully saturated rings. The van der Waals surface area contributed by atoms with E-state index in [0.717, 1.165) is 16.2 Å². The Labute approximate surface area is 133 Å². The lowest BCUT2D eigenvalue weighted by Gasteiger charge is -2.09. The molecule has 0 unspecified atom stereocenters. The second-order valence-corrected chi connectivity index (χ2v) is 5.43. The second kappa shape index (κ2) is 7.61. The average molecular weight is 319 g/mol. The lowest BCUT2D eigenvalue weighted by atomic mass is 10.1. The number of rotatable bonds is 6. The van der Waals surface area contributed by atoms with Crippen molar-refractivity contribution >= 4 is 23.0 Å². The van der Waals surface area contributed by atoms with Crippen molar-refractivity contribution in [3.8, 4) is 5.75 Å². The number of esters is 1. The quantitative estimate of drug-likeness (QED) is 0.466. The minimum atomic E-state index is -0.544. The molecule has 0 saturated carbocycles. The Balaban J connectivity index is 2.20. The van der Waals surface area contributed by atoms with Crippen LogP contribution in [0.1, 0.15) is 16.0 Å². The molecule has 0 atom stereocenters. The summed E-state index contributed by atoms with van der Waals surface area (Å²) in [6.07, 6.45) is 0. The van der Waals surface area contributed by atoms with Gasteiger partial charge in [-0.25, -0.2) is 4.79 Å². The predicted molar refractivity (Wildman–Crippen MR) is 85.4 cm³/mol. The first kappa shape index (κ1) is 16.0. The van der Waals surface area contributed by atoms with E-state index in [-0.39, 0.29) is 5.71 Å². The number of nitrogens with zero attached hydrogens (tertiary/aromatic N) is 1. The van der Waals surface area contributed by atoms with Gasteiger partial charge >= 0.3 is 5.97 Å². The van der Waals surface area contributed by atoms with Gasteiger partial charge in [-0.1, -0.05) is 23.4 Å². The minimum Gasteiger partial charge on any atom is -0.488 e. The Morgan fingerprint density at radius 1 is 1.23 bits per heavy atom. The van der Waals surface area contributed by atoms with Gasteiger partial charge in [0.25, 0.3) is 0 Å². The van der Waals surface area contributed by atoms with Gasteiger partial charge in [-0.2, -0.15) is 0 Å². The molecule has 0 amide bonds. The largest absolute Gasteiger partial charge is 0.488 e. The maximum atomic E-state index is 11.8. The number of benzene rings is 1. The number of methoxy groups -OCH3 is 1. The molecule has 22 heavy (non-hydrogen) atoms. The molecule has 0 aliphatic carbocycles. The molecule has 0 N–H and O–H groups in total. The standard InChI is InChI=1S/C16H17NO4S/c1-11-6-4-5-7-13(11)21-10-14-12(8-9-22-14)15(17-20-3)16(18)19-2/h4-9H,10H2,1-3H3/b17-15-. The van der Waals surface area contributed by atoms with Crippen LogP contribution in [0.2, 0.25) is 0 Å². The third kappa shape index (κ3) is 3.65. The van der Waals surface area contributed by atoms with E-state index in [2.05, 4.69) is 5.16 Å². The van der Waals surface area contributed by atoms with Crippen LogP contribution in [0, 0.1) is 6.92 Å². The van der Waals surface area contributed by atoms with E-state index in [0.29, 0.717) is 12.2 Å². The van der Waals surface area contributed by atoms with E-state index in [1.807, 2.05) is 36.6 Å². The van der Waals surface area contributed by atoms with Gasteiger partial charge in [-0.05, 0) is 30.0 Å². The van der Waals surface area contributed by atoms with E-state index >= 15 is 0 Å². The first-order chi connectivity index (χ1) is 10.7. The highest BCUT2D eigenvalue weighted by Gasteiger charge is 2.20. The molecule has 0 radical (unpaired) electrons. The lowest BCUT2D eigenvalue weighted by molar-refractivity contribution is -0.132. The number of carbonyl (C=O) groups excluding carboxylic acids is 1. The first-order valence-electron chi connectivity index (χ1n) is 6.62. The summed E-state index contributed by atoms with van der Waals surface area (Å²) in [5.74, 6) is 0.266. The van der Waals surface area contributed by atoms with Crippen molar-refractivity contribution in [3.05, 3.63) is 51.7 Å². The molecule has 6 heteroatoms. The predicted octanol–water partition coefficient (Wildman–Crippen LogP) is 3.16. The molecule has 0 saturated heterocycles. The van der Waals surface area contributed by atoms with Crippen molar-refractivity contribution in [1.82, 2.24) is 0 Å². The van der Waals surface area contributed by atoms with Crippen LogP contribution < -0.4 is 4.74 Å².